The van der Waals surface area contributed by atoms with E-state index in [1.54, 1.807) is 19.1 Å². The molecule has 0 bridgehead atoms. The lowest BCUT2D eigenvalue weighted by molar-refractivity contribution is -0.141. The fourth-order valence-corrected chi connectivity index (χ4v) is 2.29. The quantitative estimate of drug-likeness (QED) is 0.762. The van der Waals surface area contributed by atoms with Gasteiger partial charge < -0.3 is 9.64 Å². The van der Waals surface area contributed by atoms with E-state index in [9.17, 15) is 13.2 Å². The van der Waals surface area contributed by atoms with Crippen molar-refractivity contribution in [2.75, 3.05) is 24.6 Å². The largest absolute Gasteiger partial charge is 0.465 e. The van der Waals surface area contributed by atoms with Gasteiger partial charge in [-0.3, -0.25) is 4.79 Å². The molecule has 0 aliphatic rings. The Bertz CT molecular complexity index is 540. The highest BCUT2D eigenvalue weighted by Crippen LogP contribution is 2.17. The van der Waals surface area contributed by atoms with E-state index in [1.165, 1.54) is 12.1 Å². The summed E-state index contributed by atoms with van der Waals surface area (Å²) in [6.07, 6.45) is 0.857. The van der Waals surface area contributed by atoms with Gasteiger partial charge in [0.05, 0.1) is 11.5 Å². The van der Waals surface area contributed by atoms with Gasteiger partial charge in [0.15, 0.2) is 0 Å². The Balaban J connectivity index is 2.89. The molecule has 0 aliphatic heterocycles. The molecule has 20 heavy (non-hydrogen) atoms. The standard InChI is InChI=1S/C13H20N2O4S/c1-3-9-15(10-13(16)19-4-2)11-5-7-12(8-6-11)20(14,17)18/h5-8H,3-4,9-10H2,1-2H3,(H2,14,17,18). The van der Waals surface area contributed by atoms with Crippen LogP contribution in [0.4, 0.5) is 5.69 Å². The van der Waals surface area contributed by atoms with Crippen LogP contribution in [0.5, 0.6) is 0 Å². The summed E-state index contributed by atoms with van der Waals surface area (Å²) in [7, 11) is -3.70. The van der Waals surface area contributed by atoms with Gasteiger partial charge in [-0.2, -0.15) is 0 Å². The Morgan fingerprint density at radius 3 is 2.30 bits per heavy atom. The summed E-state index contributed by atoms with van der Waals surface area (Å²) >= 11 is 0. The fourth-order valence-electron chi connectivity index (χ4n) is 1.78. The van der Waals surface area contributed by atoms with Gasteiger partial charge in [-0.05, 0) is 37.6 Å². The summed E-state index contributed by atoms with van der Waals surface area (Å²) in [4.78, 5) is 13.4. The van der Waals surface area contributed by atoms with E-state index in [0.717, 1.165) is 12.1 Å². The Morgan fingerprint density at radius 2 is 1.85 bits per heavy atom. The molecule has 0 aromatic heterocycles. The van der Waals surface area contributed by atoms with E-state index < -0.39 is 10.0 Å². The van der Waals surface area contributed by atoms with Crippen LogP contribution in [0.2, 0.25) is 0 Å². The molecule has 6 nitrogen and oxygen atoms in total. The Hall–Kier alpha value is -1.60. The molecular weight excluding hydrogens is 280 g/mol. The summed E-state index contributed by atoms with van der Waals surface area (Å²) < 4.78 is 27.3. The van der Waals surface area contributed by atoms with Crippen LogP contribution in [0, 0.1) is 0 Å². The van der Waals surface area contributed by atoms with Gasteiger partial charge in [0.1, 0.15) is 6.54 Å². The van der Waals surface area contributed by atoms with Crippen LogP contribution in [0.1, 0.15) is 20.3 Å². The van der Waals surface area contributed by atoms with Crippen LogP contribution in [0.25, 0.3) is 0 Å². The summed E-state index contributed by atoms with van der Waals surface area (Å²) in [5.74, 6) is -0.309. The average Bonchev–Trinajstić information content (AvgIpc) is 2.38. The first kappa shape index (κ1) is 16.5. The summed E-state index contributed by atoms with van der Waals surface area (Å²) in [5.41, 5.74) is 0.757. The van der Waals surface area contributed by atoms with E-state index in [0.29, 0.717) is 13.2 Å². The van der Waals surface area contributed by atoms with Gasteiger partial charge in [-0.15, -0.1) is 0 Å². The average molecular weight is 300 g/mol. The Kier molecular flexibility index (Phi) is 5.97. The first-order valence-corrected chi connectivity index (χ1v) is 7.96. The van der Waals surface area contributed by atoms with Gasteiger partial charge in [-0.1, -0.05) is 6.92 Å². The SMILES string of the molecule is CCCN(CC(=O)OCC)c1ccc(S(N)(=O)=O)cc1. The predicted molar refractivity (Wildman–Crippen MR) is 77.0 cm³/mol. The maximum Gasteiger partial charge on any atom is 0.325 e. The summed E-state index contributed by atoms with van der Waals surface area (Å²) in [5, 5.41) is 5.05. The molecule has 0 saturated heterocycles. The van der Waals surface area contributed by atoms with Gasteiger partial charge in [-0.25, -0.2) is 13.6 Å². The van der Waals surface area contributed by atoms with E-state index in [-0.39, 0.29) is 17.4 Å². The van der Waals surface area contributed by atoms with Crippen LogP contribution >= 0.6 is 0 Å². The first-order chi connectivity index (χ1) is 9.38. The topological polar surface area (TPSA) is 89.7 Å². The molecule has 112 valence electrons. The van der Waals surface area contributed by atoms with Crippen molar-refractivity contribution < 1.29 is 17.9 Å². The highest BCUT2D eigenvalue weighted by Gasteiger charge is 2.13. The monoisotopic (exact) mass is 300 g/mol. The zero-order chi connectivity index (χ0) is 15.2. The van der Waals surface area contributed by atoms with Crippen molar-refractivity contribution in [1.29, 1.82) is 0 Å². The molecule has 0 heterocycles. The van der Waals surface area contributed by atoms with Crippen LogP contribution in [-0.4, -0.2) is 34.1 Å². The number of sulfonamides is 1. The molecule has 0 spiro atoms. The molecule has 1 aromatic carbocycles. The third kappa shape index (κ3) is 4.82. The Labute approximate surface area is 119 Å². The van der Waals surface area contributed by atoms with Crippen molar-refractivity contribution >= 4 is 21.7 Å². The number of primary sulfonamides is 1. The number of hydrogen-bond acceptors (Lipinski definition) is 5. The number of carbonyl (C=O) groups is 1. The third-order valence-electron chi connectivity index (χ3n) is 2.65. The van der Waals surface area contributed by atoms with Crippen LogP contribution in [0.3, 0.4) is 0 Å². The molecule has 7 heteroatoms. The maximum atomic E-state index is 11.5. The minimum Gasteiger partial charge on any atom is -0.465 e. The Morgan fingerprint density at radius 1 is 1.25 bits per heavy atom. The minimum absolute atomic E-state index is 0.0498. The molecule has 1 rings (SSSR count). The van der Waals surface area contributed by atoms with Crippen molar-refractivity contribution in [3.05, 3.63) is 24.3 Å². The molecule has 0 fully saturated rings. The van der Waals surface area contributed by atoms with Crippen molar-refractivity contribution in [1.82, 2.24) is 0 Å². The molecular formula is C13H20N2O4S. The van der Waals surface area contributed by atoms with Crippen molar-refractivity contribution in [2.24, 2.45) is 5.14 Å². The number of ether oxygens (including phenoxy) is 1. The van der Waals surface area contributed by atoms with Gasteiger partial charge in [0.2, 0.25) is 10.0 Å². The highest BCUT2D eigenvalue weighted by atomic mass is 32.2. The second-order valence-electron chi connectivity index (χ2n) is 4.27. The van der Waals surface area contributed by atoms with Gasteiger partial charge in [0.25, 0.3) is 0 Å². The van der Waals surface area contributed by atoms with Crippen molar-refractivity contribution in [3.63, 3.8) is 0 Å². The second kappa shape index (κ2) is 7.25. The smallest absolute Gasteiger partial charge is 0.325 e. The zero-order valence-corrected chi connectivity index (χ0v) is 12.5. The number of nitrogens with two attached hydrogens (primary N) is 1. The molecule has 0 atom stereocenters. The van der Waals surface area contributed by atoms with E-state index in [4.69, 9.17) is 9.88 Å². The number of nitrogens with zero attached hydrogens (tertiary/aromatic N) is 1. The van der Waals surface area contributed by atoms with Crippen LogP contribution < -0.4 is 10.0 Å². The summed E-state index contributed by atoms with van der Waals surface area (Å²) in [6.45, 7) is 4.90. The van der Waals surface area contributed by atoms with Crippen molar-refractivity contribution in [3.8, 4) is 0 Å². The van der Waals surface area contributed by atoms with Crippen molar-refractivity contribution in [2.45, 2.75) is 25.2 Å². The normalized spacial score (nSPS) is 11.2. The fraction of sp³-hybridized carbons (Fsp3) is 0.462. The maximum absolute atomic E-state index is 11.5. The van der Waals surface area contributed by atoms with Gasteiger partial charge >= 0.3 is 5.97 Å². The summed E-state index contributed by atoms with van der Waals surface area (Å²) in [6, 6.07) is 6.13. The van der Waals surface area contributed by atoms with Crippen LogP contribution in [0.15, 0.2) is 29.2 Å². The number of esters is 1. The van der Waals surface area contributed by atoms with Gasteiger partial charge in [0, 0.05) is 12.2 Å². The van der Waals surface area contributed by atoms with E-state index in [2.05, 4.69) is 0 Å². The number of carbonyl (C=O) groups excluding carboxylic acids is 1. The molecule has 0 radical (unpaired) electrons. The zero-order valence-electron chi connectivity index (χ0n) is 11.7. The first-order valence-electron chi connectivity index (χ1n) is 6.42. The molecule has 0 aliphatic carbocycles. The number of hydrogen-bond donors (Lipinski definition) is 1. The number of anilines is 1. The number of benzene rings is 1. The molecule has 2 N–H and O–H groups in total. The molecule has 1 aromatic rings. The van der Waals surface area contributed by atoms with E-state index >= 15 is 0 Å². The molecule has 0 amide bonds. The second-order valence-corrected chi connectivity index (χ2v) is 5.83. The predicted octanol–water partition coefficient (Wildman–Crippen LogP) is 1.11. The molecule has 0 saturated carbocycles. The minimum atomic E-state index is -3.70. The lowest BCUT2D eigenvalue weighted by Crippen LogP contribution is -2.31. The lowest BCUT2D eigenvalue weighted by atomic mass is 10.2. The highest BCUT2D eigenvalue weighted by molar-refractivity contribution is 7.89. The lowest BCUT2D eigenvalue weighted by Gasteiger charge is -2.23. The third-order valence-corrected chi connectivity index (χ3v) is 3.58. The van der Waals surface area contributed by atoms with Crippen LogP contribution in [-0.2, 0) is 19.6 Å². The molecule has 0 unspecified atom stereocenters. The number of rotatable bonds is 7. The van der Waals surface area contributed by atoms with E-state index in [1.807, 2.05) is 11.8 Å².